The summed E-state index contributed by atoms with van der Waals surface area (Å²) in [7, 11) is 0. The van der Waals surface area contributed by atoms with Crippen LogP contribution < -0.4 is 0 Å². The Balaban J connectivity index is 1.46. The minimum Gasteiger partial charge on any atom is -0.433 e. The number of fused-ring (bicyclic) bond motifs is 4. The number of allylic oxidation sites excluding steroid dienone is 3. The first-order valence-corrected chi connectivity index (χ1v) is 16.4. The molecule has 0 aromatic heterocycles. The summed E-state index contributed by atoms with van der Waals surface area (Å²) in [6.07, 6.45) is 5.55. The zero-order valence-electron chi connectivity index (χ0n) is 27.2. The highest BCUT2D eigenvalue weighted by atomic mass is 16.7. The van der Waals surface area contributed by atoms with E-state index >= 15 is 0 Å². The van der Waals surface area contributed by atoms with Gasteiger partial charge >= 0.3 is 5.97 Å². The Labute approximate surface area is 256 Å². The lowest BCUT2D eigenvalue weighted by atomic mass is 9.43. The number of Topliss-reactive ketones (excluding diaryl/α,β-unsaturated/α-hetero) is 1. The molecule has 8 heteroatoms. The van der Waals surface area contributed by atoms with Gasteiger partial charge in [0, 0.05) is 11.8 Å². The van der Waals surface area contributed by atoms with Crippen LogP contribution >= 0.6 is 0 Å². The Hall–Kier alpha value is -1.58. The van der Waals surface area contributed by atoms with Gasteiger partial charge in [0.15, 0.2) is 0 Å². The van der Waals surface area contributed by atoms with Crippen molar-refractivity contribution in [3.63, 3.8) is 0 Å². The minimum absolute atomic E-state index is 0.00310. The number of carbonyl (C=O) groups excluding carboxylic acids is 2. The molecule has 8 nitrogen and oxygen atoms in total. The van der Waals surface area contributed by atoms with Crippen LogP contribution in [0.15, 0.2) is 23.3 Å². The average molecular weight is 603 g/mol. The molecule has 4 aliphatic carbocycles. The van der Waals surface area contributed by atoms with Crippen molar-refractivity contribution in [2.45, 2.75) is 136 Å². The van der Waals surface area contributed by atoms with Gasteiger partial charge in [0.2, 0.25) is 6.29 Å². The Morgan fingerprint density at radius 1 is 1.00 bits per heavy atom. The molecule has 0 aromatic rings. The van der Waals surface area contributed by atoms with E-state index in [4.69, 9.17) is 9.47 Å². The summed E-state index contributed by atoms with van der Waals surface area (Å²) in [5.74, 6) is -0.300. The molecular weight excluding hydrogens is 548 g/mol. The Bertz CT molecular complexity index is 1180. The number of rotatable bonds is 6. The number of hydrogen-bond donors (Lipinski definition) is 4. The zero-order valence-corrected chi connectivity index (χ0v) is 27.2. The van der Waals surface area contributed by atoms with E-state index in [1.165, 1.54) is 0 Å². The van der Waals surface area contributed by atoms with Gasteiger partial charge in [-0.15, -0.1) is 0 Å². The third-order valence-corrected chi connectivity index (χ3v) is 13.0. The summed E-state index contributed by atoms with van der Waals surface area (Å²) in [6, 6.07) is 0. The number of aliphatic hydroxyl groups excluding tert-OH is 3. The highest BCUT2D eigenvalue weighted by molar-refractivity contribution is 5.85. The van der Waals surface area contributed by atoms with Crippen molar-refractivity contribution in [2.24, 2.45) is 39.4 Å². The van der Waals surface area contributed by atoms with Crippen LogP contribution in [-0.2, 0) is 19.1 Å². The normalized spacial score (nSPS) is 43.7. The average Bonchev–Trinajstić information content (AvgIpc) is 3.19. The van der Waals surface area contributed by atoms with Gasteiger partial charge in [-0.25, -0.2) is 0 Å². The maximum absolute atomic E-state index is 13.9. The Morgan fingerprint density at radius 2 is 1.70 bits per heavy atom. The lowest BCUT2D eigenvalue weighted by Gasteiger charge is -2.60. The van der Waals surface area contributed by atoms with Crippen LogP contribution in [0.5, 0.6) is 0 Å². The molecule has 0 amide bonds. The lowest BCUT2D eigenvalue weighted by molar-refractivity contribution is -0.265. The zero-order chi connectivity index (χ0) is 31.8. The van der Waals surface area contributed by atoms with E-state index in [0.29, 0.717) is 24.5 Å². The molecule has 1 aliphatic heterocycles. The Kier molecular flexibility index (Phi) is 8.42. The standard InChI is InChI=1S/C35H54O8/c1-31(2,41)15-8-9-20(29(40)43-30-28(39)27(38)24(36)19-42-30)21-12-17-35(7)23-10-11-25-32(3,4)26(37)14-16-33(25,5)22(23)13-18-34(21,35)6/h8,15,20-21,24-25,27-28,30,36,38-39,41H,9-14,16-19H2,1-7H3/b15-8+/t20-,21-,24-,25+,27+,28-,30+,33-,34-,35+/m1/s1. The Morgan fingerprint density at radius 3 is 2.37 bits per heavy atom. The first kappa shape index (κ1) is 32.8. The van der Waals surface area contributed by atoms with Crippen molar-refractivity contribution in [3.8, 4) is 0 Å². The van der Waals surface area contributed by atoms with E-state index in [1.54, 1.807) is 31.1 Å². The van der Waals surface area contributed by atoms with Crippen LogP contribution in [0.3, 0.4) is 0 Å². The fraction of sp³-hybridized carbons (Fsp3) is 0.829. The summed E-state index contributed by atoms with van der Waals surface area (Å²) in [5, 5.41) is 40.8. The summed E-state index contributed by atoms with van der Waals surface area (Å²) >= 11 is 0. The van der Waals surface area contributed by atoms with Crippen molar-refractivity contribution in [1.29, 1.82) is 0 Å². The van der Waals surface area contributed by atoms with Gasteiger partial charge in [-0.1, -0.05) is 57.9 Å². The quantitative estimate of drug-likeness (QED) is 0.256. The third-order valence-electron chi connectivity index (χ3n) is 13.0. The maximum Gasteiger partial charge on any atom is 0.311 e. The van der Waals surface area contributed by atoms with E-state index < -0.39 is 42.1 Å². The van der Waals surface area contributed by atoms with Gasteiger partial charge in [0.25, 0.3) is 0 Å². The predicted octanol–water partition coefficient (Wildman–Crippen LogP) is 4.62. The highest BCUT2D eigenvalue weighted by Crippen LogP contribution is 2.72. The van der Waals surface area contributed by atoms with E-state index in [2.05, 4.69) is 34.6 Å². The maximum atomic E-state index is 13.9. The van der Waals surface area contributed by atoms with Crippen molar-refractivity contribution in [2.75, 3.05) is 6.61 Å². The number of ether oxygens (including phenoxy) is 2. The molecule has 1 heterocycles. The lowest BCUT2D eigenvalue weighted by Crippen LogP contribution is -2.55. The molecule has 5 rings (SSSR count). The third kappa shape index (κ3) is 5.27. The predicted molar refractivity (Wildman–Crippen MR) is 161 cm³/mol. The molecule has 0 bridgehead atoms. The summed E-state index contributed by atoms with van der Waals surface area (Å²) < 4.78 is 11.2. The van der Waals surface area contributed by atoms with E-state index in [0.717, 1.165) is 44.9 Å². The van der Waals surface area contributed by atoms with Gasteiger partial charge in [0.1, 0.15) is 24.1 Å². The molecule has 0 unspecified atom stereocenters. The first-order chi connectivity index (χ1) is 19.9. The number of hydrogen-bond acceptors (Lipinski definition) is 8. The van der Waals surface area contributed by atoms with Crippen LogP contribution in [0, 0.1) is 39.4 Å². The summed E-state index contributed by atoms with van der Waals surface area (Å²) in [6.45, 7) is 14.6. The van der Waals surface area contributed by atoms with Crippen LogP contribution in [-0.4, -0.2) is 69.0 Å². The van der Waals surface area contributed by atoms with E-state index in [9.17, 15) is 30.0 Å². The van der Waals surface area contributed by atoms with Crippen LogP contribution in [0.2, 0.25) is 0 Å². The number of carbonyl (C=O) groups is 2. The van der Waals surface area contributed by atoms with Gasteiger partial charge < -0.3 is 29.9 Å². The number of ketones is 1. The molecule has 0 aromatic carbocycles. The highest BCUT2D eigenvalue weighted by Gasteiger charge is 2.64. The fourth-order valence-corrected chi connectivity index (χ4v) is 10.2. The molecular formula is C35H54O8. The van der Waals surface area contributed by atoms with Crippen LogP contribution in [0.25, 0.3) is 0 Å². The molecule has 0 radical (unpaired) electrons. The molecule has 5 aliphatic rings. The van der Waals surface area contributed by atoms with Crippen molar-refractivity contribution < 1.29 is 39.5 Å². The van der Waals surface area contributed by atoms with E-state index in [-0.39, 0.29) is 34.2 Å². The second-order valence-electron chi connectivity index (χ2n) is 16.1. The van der Waals surface area contributed by atoms with Gasteiger partial charge in [0.05, 0.1) is 18.1 Å². The van der Waals surface area contributed by atoms with Gasteiger partial charge in [-0.05, 0) is 93.3 Å². The SMILES string of the molecule is CC(C)(O)/C=C/C[C@@H](C(=O)O[C@@H]1OC[C@@H](O)[C@H](O)[C@H]1O)[C@H]1CC[C@@]2(C)C3=C(CC[C@]12C)[C@@]1(C)CCC(=O)C(C)(C)[C@@H]1CC3. The molecule has 10 atom stereocenters. The number of esters is 1. The van der Waals surface area contributed by atoms with Gasteiger partial charge in [-0.3, -0.25) is 9.59 Å². The molecule has 242 valence electrons. The molecule has 0 spiro atoms. The van der Waals surface area contributed by atoms with Gasteiger partial charge in [-0.2, -0.15) is 0 Å². The molecule has 43 heavy (non-hydrogen) atoms. The fourth-order valence-electron chi connectivity index (χ4n) is 10.2. The number of aliphatic hydroxyl groups is 4. The van der Waals surface area contributed by atoms with Crippen LogP contribution in [0.4, 0.5) is 0 Å². The van der Waals surface area contributed by atoms with Crippen molar-refractivity contribution >= 4 is 11.8 Å². The van der Waals surface area contributed by atoms with E-state index in [1.807, 2.05) is 6.08 Å². The monoisotopic (exact) mass is 602 g/mol. The minimum atomic E-state index is -1.55. The molecule has 4 N–H and O–H groups in total. The molecule has 2 saturated carbocycles. The smallest absolute Gasteiger partial charge is 0.311 e. The van der Waals surface area contributed by atoms with Crippen LogP contribution in [0.1, 0.15) is 106 Å². The second kappa shape index (κ2) is 11.0. The van der Waals surface area contributed by atoms with Crippen molar-refractivity contribution in [1.82, 2.24) is 0 Å². The summed E-state index contributed by atoms with van der Waals surface area (Å²) in [5.41, 5.74) is 1.52. The second-order valence-corrected chi connectivity index (χ2v) is 16.1. The first-order valence-electron chi connectivity index (χ1n) is 16.4. The molecule has 3 fully saturated rings. The largest absolute Gasteiger partial charge is 0.433 e. The van der Waals surface area contributed by atoms with Crippen molar-refractivity contribution in [3.05, 3.63) is 23.3 Å². The molecule has 1 saturated heterocycles. The topological polar surface area (TPSA) is 134 Å². The summed E-state index contributed by atoms with van der Waals surface area (Å²) in [4.78, 5) is 26.9.